The van der Waals surface area contributed by atoms with Crippen LogP contribution in [-0.2, 0) is 13.1 Å². The van der Waals surface area contributed by atoms with Crippen molar-refractivity contribution in [2.24, 2.45) is 0 Å². The highest BCUT2D eigenvalue weighted by Gasteiger charge is 2.08. The molecule has 0 radical (unpaired) electrons. The van der Waals surface area contributed by atoms with E-state index >= 15 is 0 Å². The lowest BCUT2D eigenvalue weighted by molar-refractivity contribution is 0.314. The second-order valence-corrected chi connectivity index (χ2v) is 6.09. The number of rotatable bonds is 5. The lowest BCUT2D eigenvalue weighted by atomic mass is 10.3. The number of imidazole rings is 1. The predicted octanol–water partition coefficient (Wildman–Crippen LogP) is 2.80. The zero-order valence-corrected chi connectivity index (χ0v) is 12.4. The Kier molecular flexibility index (Phi) is 3.66. The molecule has 0 aromatic carbocycles. The Hall–Kier alpha value is -1.92. The van der Waals surface area contributed by atoms with Crippen LogP contribution in [0.3, 0.4) is 0 Å². The maximum absolute atomic E-state index is 4.34. The molecule has 3 rings (SSSR count). The van der Waals surface area contributed by atoms with E-state index in [2.05, 4.69) is 44.2 Å². The zero-order chi connectivity index (χ0) is 13.9. The van der Waals surface area contributed by atoms with Crippen molar-refractivity contribution in [1.82, 2.24) is 25.1 Å². The third-order valence-electron chi connectivity index (χ3n) is 3.03. The maximum Gasteiger partial charge on any atom is 0.120 e. The van der Waals surface area contributed by atoms with Crippen LogP contribution in [0.4, 0.5) is 0 Å². The van der Waals surface area contributed by atoms with E-state index in [-0.39, 0.29) is 0 Å². The molecule has 0 aliphatic carbocycles. The fraction of sp³-hybridized carbons (Fsp3) is 0.286. The largest absolute Gasteiger partial charge is 0.345 e. The predicted molar refractivity (Wildman–Crippen MR) is 80.4 cm³/mol. The Labute approximate surface area is 121 Å². The summed E-state index contributed by atoms with van der Waals surface area (Å²) in [5.74, 6) is 1.01. The van der Waals surface area contributed by atoms with Crippen molar-refractivity contribution in [3.8, 4) is 10.6 Å². The first-order valence-corrected chi connectivity index (χ1v) is 7.30. The van der Waals surface area contributed by atoms with Crippen LogP contribution >= 0.6 is 11.3 Å². The van der Waals surface area contributed by atoms with Crippen LogP contribution in [0.15, 0.2) is 30.6 Å². The Bertz CT molecular complexity index is 667. The van der Waals surface area contributed by atoms with Gasteiger partial charge < -0.3 is 4.98 Å². The maximum atomic E-state index is 4.34. The molecule has 0 aliphatic heterocycles. The van der Waals surface area contributed by atoms with E-state index < -0.39 is 0 Å². The highest BCUT2D eigenvalue weighted by atomic mass is 32.1. The number of hydrogen-bond acceptors (Lipinski definition) is 4. The fourth-order valence-electron chi connectivity index (χ4n) is 2.13. The number of aryl methyl sites for hydroxylation is 1. The molecule has 6 heteroatoms. The van der Waals surface area contributed by atoms with Gasteiger partial charge in [0, 0.05) is 29.5 Å². The molecule has 5 nitrogen and oxygen atoms in total. The minimum absolute atomic E-state index is 0.825. The summed E-state index contributed by atoms with van der Waals surface area (Å²) in [5, 5.41) is 6.98. The van der Waals surface area contributed by atoms with Crippen molar-refractivity contribution < 1.29 is 0 Å². The van der Waals surface area contributed by atoms with E-state index in [4.69, 9.17) is 0 Å². The van der Waals surface area contributed by atoms with Gasteiger partial charge in [-0.2, -0.15) is 5.10 Å². The highest BCUT2D eigenvalue weighted by Crippen LogP contribution is 2.27. The molecule has 20 heavy (non-hydrogen) atoms. The van der Waals surface area contributed by atoms with E-state index in [0.717, 1.165) is 30.3 Å². The molecule has 2 N–H and O–H groups in total. The van der Waals surface area contributed by atoms with Gasteiger partial charge in [-0.1, -0.05) is 0 Å². The second-order valence-electron chi connectivity index (χ2n) is 4.92. The van der Waals surface area contributed by atoms with Crippen LogP contribution in [0.5, 0.6) is 0 Å². The van der Waals surface area contributed by atoms with Gasteiger partial charge in [0.15, 0.2) is 0 Å². The van der Waals surface area contributed by atoms with Gasteiger partial charge in [0.25, 0.3) is 0 Å². The van der Waals surface area contributed by atoms with Crippen LogP contribution in [0.1, 0.15) is 16.4 Å². The topological polar surface area (TPSA) is 60.6 Å². The van der Waals surface area contributed by atoms with E-state index in [1.54, 1.807) is 17.5 Å². The first kappa shape index (κ1) is 13.1. The Balaban J connectivity index is 1.63. The molecule has 0 unspecified atom stereocenters. The molecule has 104 valence electrons. The van der Waals surface area contributed by atoms with Gasteiger partial charge in [-0.3, -0.25) is 10.00 Å². The SMILES string of the molecule is Cc1cnc(CN(C)Cc2ccc(-c3ccn[nH]3)s2)[nH]1. The van der Waals surface area contributed by atoms with Crippen molar-refractivity contribution in [1.29, 1.82) is 0 Å². The highest BCUT2D eigenvalue weighted by molar-refractivity contribution is 7.15. The van der Waals surface area contributed by atoms with Crippen molar-refractivity contribution in [2.75, 3.05) is 7.05 Å². The van der Waals surface area contributed by atoms with Gasteiger partial charge in [-0.15, -0.1) is 11.3 Å². The van der Waals surface area contributed by atoms with E-state index in [1.807, 2.05) is 19.2 Å². The van der Waals surface area contributed by atoms with Gasteiger partial charge in [0.1, 0.15) is 5.82 Å². The normalized spacial score (nSPS) is 11.3. The average molecular weight is 287 g/mol. The monoisotopic (exact) mass is 287 g/mol. The van der Waals surface area contributed by atoms with Gasteiger partial charge in [-0.05, 0) is 32.2 Å². The first-order chi connectivity index (χ1) is 9.70. The standard InChI is InChI=1S/C14H17N5S/c1-10-7-15-14(17-10)9-19(2)8-11-3-4-13(20-11)12-5-6-16-18-12/h3-7H,8-9H2,1-2H3,(H,15,17)(H,16,18). The average Bonchev–Trinajstić information content (AvgIpc) is 3.10. The Morgan fingerprint density at radius 1 is 1.25 bits per heavy atom. The summed E-state index contributed by atoms with van der Waals surface area (Å²) in [5.41, 5.74) is 2.18. The zero-order valence-electron chi connectivity index (χ0n) is 11.6. The van der Waals surface area contributed by atoms with Crippen molar-refractivity contribution in [2.45, 2.75) is 20.0 Å². The minimum Gasteiger partial charge on any atom is -0.345 e. The molecule has 0 fully saturated rings. The van der Waals surface area contributed by atoms with Gasteiger partial charge >= 0.3 is 0 Å². The van der Waals surface area contributed by atoms with Crippen LogP contribution < -0.4 is 0 Å². The number of nitrogens with one attached hydrogen (secondary N) is 2. The summed E-state index contributed by atoms with van der Waals surface area (Å²) < 4.78 is 0. The fourth-order valence-corrected chi connectivity index (χ4v) is 3.19. The number of aromatic amines is 2. The Morgan fingerprint density at radius 3 is 2.85 bits per heavy atom. The van der Waals surface area contributed by atoms with E-state index in [9.17, 15) is 0 Å². The number of nitrogens with zero attached hydrogens (tertiary/aromatic N) is 3. The molecule has 0 atom stereocenters. The van der Waals surface area contributed by atoms with Crippen LogP contribution in [0.25, 0.3) is 10.6 Å². The molecular weight excluding hydrogens is 270 g/mol. The van der Waals surface area contributed by atoms with Crippen molar-refractivity contribution in [3.63, 3.8) is 0 Å². The van der Waals surface area contributed by atoms with Crippen LogP contribution in [0.2, 0.25) is 0 Å². The third kappa shape index (κ3) is 2.97. The molecule has 0 spiro atoms. The smallest absolute Gasteiger partial charge is 0.120 e. The molecular formula is C14H17N5S. The third-order valence-corrected chi connectivity index (χ3v) is 4.13. The summed E-state index contributed by atoms with van der Waals surface area (Å²) in [7, 11) is 2.10. The van der Waals surface area contributed by atoms with Crippen molar-refractivity contribution >= 4 is 11.3 Å². The summed E-state index contributed by atoms with van der Waals surface area (Å²) in [6.45, 7) is 3.76. The lowest BCUT2D eigenvalue weighted by Crippen LogP contribution is -2.17. The summed E-state index contributed by atoms with van der Waals surface area (Å²) >= 11 is 1.79. The number of H-pyrrole nitrogens is 2. The minimum atomic E-state index is 0.825. The first-order valence-electron chi connectivity index (χ1n) is 6.48. The molecule has 0 amide bonds. The van der Waals surface area contributed by atoms with Gasteiger partial charge in [0.05, 0.1) is 17.1 Å². The van der Waals surface area contributed by atoms with Crippen molar-refractivity contribution in [3.05, 3.63) is 47.0 Å². The Morgan fingerprint density at radius 2 is 2.15 bits per heavy atom. The number of thiophene rings is 1. The summed E-state index contributed by atoms with van der Waals surface area (Å²) in [6, 6.07) is 6.30. The summed E-state index contributed by atoms with van der Waals surface area (Å²) in [4.78, 5) is 12.4. The van der Waals surface area contributed by atoms with Crippen LogP contribution in [0, 0.1) is 6.92 Å². The van der Waals surface area contributed by atoms with E-state index in [0.29, 0.717) is 0 Å². The molecule has 3 aromatic rings. The molecule has 0 aliphatic rings. The van der Waals surface area contributed by atoms with Gasteiger partial charge in [0.2, 0.25) is 0 Å². The number of aromatic nitrogens is 4. The van der Waals surface area contributed by atoms with E-state index in [1.165, 1.54) is 9.75 Å². The summed E-state index contributed by atoms with van der Waals surface area (Å²) in [6.07, 6.45) is 3.64. The van der Waals surface area contributed by atoms with Gasteiger partial charge in [-0.25, -0.2) is 4.98 Å². The second kappa shape index (κ2) is 5.60. The quantitative estimate of drug-likeness (QED) is 0.758. The molecule has 0 bridgehead atoms. The lowest BCUT2D eigenvalue weighted by Gasteiger charge is -2.13. The molecule has 3 aromatic heterocycles. The number of hydrogen-bond donors (Lipinski definition) is 2. The van der Waals surface area contributed by atoms with Crippen LogP contribution in [-0.4, -0.2) is 32.1 Å². The molecule has 0 saturated heterocycles. The molecule has 0 saturated carbocycles. The molecule has 3 heterocycles.